The van der Waals surface area contributed by atoms with Gasteiger partial charge in [-0.25, -0.2) is 8.42 Å². The van der Waals surface area contributed by atoms with Crippen molar-refractivity contribution in [3.63, 3.8) is 0 Å². The van der Waals surface area contributed by atoms with Crippen LogP contribution in [-0.4, -0.2) is 27.6 Å². The van der Waals surface area contributed by atoms with Crippen LogP contribution in [0.5, 0.6) is 5.75 Å². The minimum Gasteiger partial charge on any atom is -0.489 e. The van der Waals surface area contributed by atoms with Crippen molar-refractivity contribution in [3.05, 3.63) is 54.1 Å². The number of fused-ring (bicyclic) bond motifs is 1. The normalized spacial score (nSPS) is 16.7. The number of rotatable bonds is 5. The molecule has 3 rings (SSSR count). The van der Waals surface area contributed by atoms with Gasteiger partial charge in [0.05, 0.1) is 22.4 Å². The monoisotopic (exact) mass is 342 g/mol. The van der Waals surface area contributed by atoms with E-state index in [1.807, 2.05) is 12.1 Å². The van der Waals surface area contributed by atoms with E-state index >= 15 is 0 Å². The number of nitrogens with one attached hydrogen (secondary N) is 1. The van der Waals surface area contributed by atoms with Crippen molar-refractivity contribution in [2.24, 2.45) is 0 Å². The minimum absolute atomic E-state index is 0.0551. The molecule has 2 aromatic carbocycles. The van der Waals surface area contributed by atoms with Crippen molar-refractivity contribution >= 4 is 9.84 Å². The van der Waals surface area contributed by atoms with Crippen LogP contribution in [0.3, 0.4) is 0 Å². The lowest BCUT2D eigenvalue weighted by atomic mass is 10.0. The summed E-state index contributed by atoms with van der Waals surface area (Å²) >= 11 is 0. The second kappa shape index (κ2) is 7.04. The SMILES string of the molecule is N#CCNC[C@H]1CCc2ccc(S(=O)(=O)c3ccccc3)cc2O1. The van der Waals surface area contributed by atoms with Crippen LogP contribution in [0.15, 0.2) is 58.3 Å². The third kappa shape index (κ3) is 3.42. The third-order valence-corrected chi connectivity index (χ3v) is 5.78. The molecule has 1 aliphatic rings. The third-order valence-electron chi connectivity index (χ3n) is 4.01. The fraction of sp³-hybridized carbons (Fsp3) is 0.278. The lowest BCUT2D eigenvalue weighted by Crippen LogP contribution is -2.34. The van der Waals surface area contributed by atoms with Crippen LogP contribution in [-0.2, 0) is 16.3 Å². The van der Waals surface area contributed by atoms with Gasteiger partial charge in [0.15, 0.2) is 0 Å². The number of ether oxygens (including phenoxy) is 1. The van der Waals surface area contributed by atoms with Gasteiger partial charge in [-0.2, -0.15) is 5.26 Å². The van der Waals surface area contributed by atoms with Crippen LogP contribution in [0.4, 0.5) is 0 Å². The van der Waals surface area contributed by atoms with Gasteiger partial charge >= 0.3 is 0 Å². The molecule has 0 spiro atoms. The molecule has 1 N–H and O–H groups in total. The van der Waals surface area contributed by atoms with E-state index in [2.05, 4.69) is 5.32 Å². The Kier molecular flexibility index (Phi) is 4.84. The Labute approximate surface area is 141 Å². The second-order valence-electron chi connectivity index (χ2n) is 5.65. The standard InChI is InChI=1S/C18H18N2O3S/c19-10-11-20-13-15-8-6-14-7-9-17(12-18(14)23-15)24(21,22)16-4-2-1-3-5-16/h1-5,7,9,12,15,20H,6,8,11,13H2/t15-/m1/s1. The molecule has 0 amide bonds. The average Bonchev–Trinajstić information content (AvgIpc) is 2.62. The van der Waals surface area contributed by atoms with Gasteiger partial charge in [0, 0.05) is 6.54 Å². The molecule has 0 radical (unpaired) electrons. The maximum absolute atomic E-state index is 12.7. The molecule has 5 nitrogen and oxygen atoms in total. The number of nitriles is 1. The molecule has 0 fully saturated rings. The number of aryl methyl sites for hydroxylation is 1. The fourth-order valence-corrected chi connectivity index (χ4v) is 4.04. The van der Waals surface area contributed by atoms with Crippen molar-refractivity contribution < 1.29 is 13.2 Å². The van der Waals surface area contributed by atoms with Gasteiger partial charge in [-0.15, -0.1) is 0 Å². The van der Waals surface area contributed by atoms with Gasteiger partial charge < -0.3 is 10.1 Å². The molecule has 0 saturated heterocycles. The van der Waals surface area contributed by atoms with Crippen molar-refractivity contribution in [2.45, 2.75) is 28.7 Å². The highest BCUT2D eigenvalue weighted by Crippen LogP contribution is 2.32. The van der Waals surface area contributed by atoms with E-state index in [9.17, 15) is 8.42 Å². The quantitative estimate of drug-likeness (QED) is 0.666. The van der Waals surface area contributed by atoms with E-state index in [0.29, 0.717) is 12.3 Å². The molecule has 1 atom stereocenters. The number of benzene rings is 2. The van der Waals surface area contributed by atoms with Crippen molar-refractivity contribution in [1.82, 2.24) is 5.32 Å². The van der Waals surface area contributed by atoms with Crippen LogP contribution in [0.1, 0.15) is 12.0 Å². The molecular formula is C18H18N2O3S. The van der Waals surface area contributed by atoms with E-state index < -0.39 is 9.84 Å². The van der Waals surface area contributed by atoms with E-state index in [0.717, 1.165) is 18.4 Å². The fourth-order valence-electron chi connectivity index (χ4n) is 2.74. The van der Waals surface area contributed by atoms with Crippen molar-refractivity contribution in [2.75, 3.05) is 13.1 Å². The number of nitrogens with zero attached hydrogens (tertiary/aromatic N) is 1. The molecule has 6 heteroatoms. The van der Waals surface area contributed by atoms with Crippen LogP contribution in [0, 0.1) is 11.3 Å². The van der Waals surface area contributed by atoms with Gasteiger partial charge in [0.1, 0.15) is 11.9 Å². The first kappa shape index (κ1) is 16.5. The molecule has 2 aromatic rings. The highest BCUT2D eigenvalue weighted by Gasteiger charge is 2.23. The van der Waals surface area contributed by atoms with E-state index in [4.69, 9.17) is 10.00 Å². The Morgan fingerprint density at radius 3 is 2.71 bits per heavy atom. The van der Waals surface area contributed by atoms with E-state index in [1.165, 1.54) is 0 Å². The average molecular weight is 342 g/mol. The summed E-state index contributed by atoms with van der Waals surface area (Å²) in [5.41, 5.74) is 1.01. The topological polar surface area (TPSA) is 79.2 Å². The smallest absolute Gasteiger partial charge is 0.206 e. The summed E-state index contributed by atoms with van der Waals surface area (Å²) in [4.78, 5) is 0.506. The number of hydrogen-bond donors (Lipinski definition) is 1. The zero-order chi connectivity index (χ0) is 17.0. The van der Waals surface area contributed by atoms with Crippen LogP contribution in [0.2, 0.25) is 0 Å². The molecule has 0 aromatic heterocycles. The lowest BCUT2D eigenvalue weighted by molar-refractivity contribution is 0.171. The largest absolute Gasteiger partial charge is 0.489 e. The summed E-state index contributed by atoms with van der Waals surface area (Å²) in [6.07, 6.45) is 1.62. The summed E-state index contributed by atoms with van der Waals surface area (Å²) in [5, 5.41) is 11.6. The van der Waals surface area contributed by atoms with E-state index in [-0.39, 0.29) is 22.4 Å². The van der Waals surface area contributed by atoms with Gasteiger partial charge in [-0.1, -0.05) is 24.3 Å². The molecule has 124 valence electrons. The molecule has 1 aliphatic heterocycles. The maximum atomic E-state index is 12.7. The molecule has 0 saturated carbocycles. The Balaban J connectivity index is 1.84. The van der Waals surface area contributed by atoms with Gasteiger partial charge in [0.25, 0.3) is 0 Å². The number of hydrogen-bond acceptors (Lipinski definition) is 5. The summed E-state index contributed by atoms with van der Waals surface area (Å²) in [5.74, 6) is 0.613. The van der Waals surface area contributed by atoms with Crippen molar-refractivity contribution in [3.8, 4) is 11.8 Å². The van der Waals surface area contributed by atoms with Crippen LogP contribution >= 0.6 is 0 Å². The summed E-state index contributed by atoms with van der Waals surface area (Å²) < 4.78 is 31.3. The summed E-state index contributed by atoms with van der Waals surface area (Å²) in [6, 6.07) is 15.5. The Bertz CT molecular complexity index is 858. The Morgan fingerprint density at radius 1 is 1.17 bits per heavy atom. The highest BCUT2D eigenvalue weighted by atomic mass is 32.2. The zero-order valence-corrected chi connectivity index (χ0v) is 13.9. The molecule has 24 heavy (non-hydrogen) atoms. The first-order valence-electron chi connectivity index (χ1n) is 7.78. The van der Waals surface area contributed by atoms with Gasteiger partial charge in [0.2, 0.25) is 9.84 Å². The van der Waals surface area contributed by atoms with E-state index in [1.54, 1.807) is 42.5 Å². The molecule has 0 aliphatic carbocycles. The van der Waals surface area contributed by atoms with Gasteiger partial charge in [-0.3, -0.25) is 0 Å². The predicted molar refractivity (Wildman–Crippen MR) is 89.6 cm³/mol. The Hall–Kier alpha value is -2.36. The second-order valence-corrected chi connectivity index (χ2v) is 7.60. The molecule has 1 heterocycles. The molecule has 0 bridgehead atoms. The lowest BCUT2D eigenvalue weighted by Gasteiger charge is -2.26. The zero-order valence-electron chi connectivity index (χ0n) is 13.1. The first-order valence-corrected chi connectivity index (χ1v) is 9.27. The summed E-state index contributed by atoms with van der Waals surface area (Å²) in [6.45, 7) is 0.845. The minimum atomic E-state index is -3.55. The summed E-state index contributed by atoms with van der Waals surface area (Å²) in [7, 11) is -3.55. The maximum Gasteiger partial charge on any atom is 0.206 e. The Morgan fingerprint density at radius 2 is 1.96 bits per heavy atom. The van der Waals surface area contributed by atoms with Gasteiger partial charge in [-0.05, 0) is 42.7 Å². The van der Waals surface area contributed by atoms with Crippen molar-refractivity contribution in [1.29, 1.82) is 5.26 Å². The van der Waals surface area contributed by atoms with Crippen LogP contribution in [0.25, 0.3) is 0 Å². The molecule has 0 unspecified atom stereocenters. The number of sulfone groups is 1. The predicted octanol–water partition coefficient (Wildman–Crippen LogP) is 2.33. The first-order chi connectivity index (χ1) is 11.6. The highest BCUT2D eigenvalue weighted by molar-refractivity contribution is 7.91. The molecular weight excluding hydrogens is 324 g/mol. The van der Waals surface area contributed by atoms with Crippen LogP contribution < -0.4 is 10.1 Å².